The van der Waals surface area contributed by atoms with Crippen LogP contribution in [0.2, 0.25) is 0 Å². The summed E-state index contributed by atoms with van der Waals surface area (Å²) in [5.41, 5.74) is 1.13. The molecule has 0 amide bonds. The molecule has 2 aromatic rings. The van der Waals surface area contributed by atoms with Crippen molar-refractivity contribution in [3.8, 4) is 5.75 Å². The molecule has 2 aliphatic rings. The number of ether oxygens (including phenoxy) is 3. The molecule has 0 radical (unpaired) electrons. The first-order valence-corrected chi connectivity index (χ1v) is 11.1. The number of unbranched alkanes of at least 4 members (excludes halogenated alkanes) is 1. The van der Waals surface area contributed by atoms with Crippen molar-refractivity contribution in [2.75, 3.05) is 26.9 Å². The molecule has 0 N–H and O–H groups in total. The number of hydrogen-bond acceptors (Lipinski definition) is 4. The van der Waals surface area contributed by atoms with Gasteiger partial charge in [-0.25, -0.2) is 4.39 Å². The van der Waals surface area contributed by atoms with Crippen molar-refractivity contribution < 1.29 is 18.6 Å². The van der Waals surface area contributed by atoms with Crippen molar-refractivity contribution in [1.82, 2.24) is 0 Å². The Hall–Kier alpha value is -1.43. The maximum Gasteiger partial charge on any atom is 0.132 e. The molecule has 1 spiro atoms. The largest absolute Gasteiger partial charge is 0.496 e. The maximum absolute atomic E-state index is 13.6. The maximum atomic E-state index is 13.6. The SMILES string of the molecule is COc1ccsc1CCCCC1(c2ccc(F)cc2)CCOC2(CCOC2)C1. The van der Waals surface area contributed by atoms with Crippen molar-refractivity contribution in [3.63, 3.8) is 0 Å². The number of aryl methyl sites for hydroxylation is 1. The number of thiophene rings is 1. The molecule has 0 aliphatic carbocycles. The van der Waals surface area contributed by atoms with E-state index in [1.807, 2.05) is 18.2 Å². The van der Waals surface area contributed by atoms with Gasteiger partial charge in [0, 0.05) is 29.9 Å². The summed E-state index contributed by atoms with van der Waals surface area (Å²) in [6, 6.07) is 9.20. The molecule has 0 saturated carbocycles. The molecule has 2 atom stereocenters. The smallest absolute Gasteiger partial charge is 0.132 e. The van der Waals surface area contributed by atoms with Crippen LogP contribution >= 0.6 is 11.3 Å². The van der Waals surface area contributed by atoms with Crippen LogP contribution in [-0.4, -0.2) is 32.5 Å². The minimum Gasteiger partial charge on any atom is -0.496 e. The van der Waals surface area contributed by atoms with E-state index in [0.29, 0.717) is 6.61 Å². The molecule has 5 heteroatoms. The van der Waals surface area contributed by atoms with Crippen molar-refractivity contribution in [1.29, 1.82) is 0 Å². The fourth-order valence-electron chi connectivity index (χ4n) is 4.91. The van der Waals surface area contributed by atoms with Crippen LogP contribution in [0.4, 0.5) is 4.39 Å². The highest BCUT2D eigenvalue weighted by Gasteiger charge is 2.48. The van der Waals surface area contributed by atoms with E-state index in [-0.39, 0.29) is 16.8 Å². The first kappa shape index (κ1) is 19.9. The average Bonchev–Trinajstić information content (AvgIpc) is 3.35. The Bertz CT molecular complexity index is 766. The Labute approximate surface area is 170 Å². The van der Waals surface area contributed by atoms with Gasteiger partial charge < -0.3 is 14.2 Å². The molecular formula is C23H29FO3S. The normalized spacial score (nSPS) is 27.4. The molecule has 3 heterocycles. The van der Waals surface area contributed by atoms with Gasteiger partial charge in [0.25, 0.3) is 0 Å². The van der Waals surface area contributed by atoms with Crippen molar-refractivity contribution in [2.24, 2.45) is 0 Å². The van der Waals surface area contributed by atoms with Crippen molar-refractivity contribution in [3.05, 3.63) is 52.0 Å². The zero-order valence-corrected chi connectivity index (χ0v) is 17.4. The van der Waals surface area contributed by atoms with Gasteiger partial charge in [0.15, 0.2) is 0 Å². The molecule has 2 fully saturated rings. The molecule has 152 valence electrons. The van der Waals surface area contributed by atoms with E-state index in [0.717, 1.165) is 63.9 Å². The van der Waals surface area contributed by atoms with Crippen LogP contribution in [0.3, 0.4) is 0 Å². The lowest BCUT2D eigenvalue weighted by Crippen LogP contribution is -2.48. The van der Waals surface area contributed by atoms with E-state index in [1.165, 1.54) is 10.4 Å². The van der Waals surface area contributed by atoms with Gasteiger partial charge in [-0.05, 0) is 61.2 Å². The topological polar surface area (TPSA) is 27.7 Å². The zero-order valence-electron chi connectivity index (χ0n) is 16.5. The fourth-order valence-corrected chi connectivity index (χ4v) is 5.80. The third-order valence-corrected chi connectivity index (χ3v) is 7.37. The molecule has 3 nitrogen and oxygen atoms in total. The molecule has 1 aromatic carbocycles. The summed E-state index contributed by atoms with van der Waals surface area (Å²) in [6.45, 7) is 2.21. The Balaban J connectivity index is 1.48. The van der Waals surface area contributed by atoms with Gasteiger partial charge in [-0.3, -0.25) is 0 Å². The summed E-state index contributed by atoms with van der Waals surface area (Å²) in [5.74, 6) is 0.834. The Morgan fingerprint density at radius 3 is 2.71 bits per heavy atom. The minimum absolute atomic E-state index is 0.0409. The standard InChI is InChI=1S/C23H29FO3S/c1-25-20-9-15-28-21(20)4-2-3-10-22(18-5-7-19(24)8-6-18)11-14-27-23(16-22)12-13-26-17-23/h5-9,15H,2-4,10-14,16-17H2,1H3. The number of hydrogen-bond donors (Lipinski definition) is 0. The summed E-state index contributed by atoms with van der Waals surface area (Å²) < 4.78 is 30.9. The van der Waals surface area contributed by atoms with E-state index in [9.17, 15) is 4.39 Å². The predicted octanol–water partition coefficient (Wildman–Crippen LogP) is 5.52. The lowest BCUT2D eigenvalue weighted by Gasteiger charge is -2.46. The van der Waals surface area contributed by atoms with Crippen molar-refractivity contribution >= 4 is 11.3 Å². The van der Waals surface area contributed by atoms with Crippen LogP contribution in [0, 0.1) is 5.82 Å². The summed E-state index contributed by atoms with van der Waals surface area (Å²) >= 11 is 1.77. The summed E-state index contributed by atoms with van der Waals surface area (Å²) in [4.78, 5) is 1.32. The number of rotatable bonds is 7. The molecular weight excluding hydrogens is 375 g/mol. The van der Waals surface area contributed by atoms with Crippen LogP contribution in [0.5, 0.6) is 5.75 Å². The predicted molar refractivity (Wildman–Crippen MR) is 110 cm³/mol. The van der Waals surface area contributed by atoms with Crippen molar-refractivity contribution in [2.45, 2.75) is 56.0 Å². The average molecular weight is 405 g/mol. The third kappa shape index (κ3) is 4.12. The van der Waals surface area contributed by atoms with E-state index in [1.54, 1.807) is 30.6 Å². The van der Waals surface area contributed by atoms with Crippen LogP contribution in [-0.2, 0) is 21.3 Å². The van der Waals surface area contributed by atoms with Gasteiger partial charge in [-0.15, -0.1) is 11.3 Å². The summed E-state index contributed by atoms with van der Waals surface area (Å²) in [7, 11) is 1.74. The van der Waals surface area contributed by atoms with Gasteiger partial charge >= 0.3 is 0 Å². The van der Waals surface area contributed by atoms with Crippen LogP contribution in [0.15, 0.2) is 35.7 Å². The Morgan fingerprint density at radius 2 is 1.96 bits per heavy atom. The third-order valence-electron chi connectivity index (χ3n) is 6.41. The quantitative estimate of drug-likeness (QED) is 0.569. The van der Waals surface area contributed by atoms with E-state index in [2.05, 4.69) is 5.38 Å². The second kappa shape index (κ2) is 8.52. The number of halogens is 1. The van der Waals surface area contributed by atoms with Gasteiger partial charge in [-0.2, -0.15) is 0 Å². The highest BCUT2D eigenvalue weighted by atomic mass is 32.1. The van der Waals surface area contributed by atoms with Gasteiger partial charge in [0.1, 0.15) is 11.6 Å². The lowest BCUT2D eigenvalue weighted by atomic mass is 9.65. The molecule has 2 saturated heterocycles. The molecule has 0 bridgehead atoms. The second-order valence-electron chi connectivity index (χ2n) is 8.17. The number of benzene rings is 1. The summed E-state index contributed by atoms with van der Waals surface area (Å²) in [5, 5.41) is 2.09. The molecule has 2 unspecified atom stereocenters. The minimum atomic E-state index is -0.172. The van der Waals surface area contributed by atoms with Crippen LogP contribution in [0.25, 0.3) is 0 Å². The first-order valence-electron chi connectivity index (χ1n) is 10.2. The van der Waals surface area contributed by atoms with Gasteiger partial charge in [0.05, 0.1) is 19.3 Å². The van der Waals surface area contributed by atoms with Crippen LogP contribution in [0.1, 0.15) is 49.0 Å². The van der Waals surface area contributed by atoms with E-state index < -0.39 is 0 Å². The highest BCUT2D eigenvalue weighted by Crippen LogP contribution is 2.48. The zero-order chi connectivity index (χ0) is 19.5. The Morgan fingerprint density at radius 1 is 1.11 bits per heavy atom. The van der Waals surface area contributed by atoms with E-state index >= 15 is 0 Å². The second-order valence-corrected chi connectivity index (χ2v) is 9.17. The highest BCUT2D eigenvalue weighted by molar-refractivity contribution is 7.10. The molecule has 2 aliphatic heterocycles. The van der Waals surface area contributed by atoms with E-state index in [4.69, 9.17) is 14.2 Å². The molecule has 1 aromatic heterocycles. The van der Waals surface area contributed by atoms with Gasteiger partial charge in [0.2, 0.25) is 0 Å². The molecule has 28 heavy (non-hydrogen) atoms. The monoisotopic (exact) mass is 404 g/mol. The first-order chi connectivity index (χ1) is 13.6. The molecule has 4 rings (SSSR count). The fraction of sp³-hybridized carbons (Fsp3) is 0.565. The summed E-state index contributed by atoms with van der Waals surface area (Å²) in [6.07, 6.45) is 7.32. The lowest BCUT2D eigenvalue weighted by molar-refractivity contribution is -0.108. The number of methoxy groups -OCH3 is 1. The van der Waals surface area contributed by atoms with Crippen LogP contribution < -0.4 is 4.74 Å². The Kier molecular flexibility index (Phi) is 6.04. The van der Waals surface area contributed by atoms with Gasteiger partial charge in [-0.1, -0.05) is 18.6 Å².